The van der Waals surface area contributed by atoms with Crippen LogP contribution in [0.1, 0.15) is 11.1 Å². The van der Waals surface area contributed by atoms with Crippen molar-refractivity contribution in [3.8, 4) is 11.5 Å². The van der Waals surface area contributed by atoms with Crippen molar-refractivity contribution in [3.63, 3.8) is 0 Å². The summed E-state index contributed by atoms with van der Waals surface area (Å²) in [6.07, 6.45) is 1.60. The Balaban J connectivity index is 1.57. The molecule has 6 nitrogen and oxygen atoms in total. The number of hydrogen-bond acceptors (Lipinski definition) is 5. The Hall–Kier alpha value is -3.80. The van der Waals surface area contributed by atoms with Crippen LogP contribution in [-0.4, -0.2) is 16.1 Å². The van der Waals surface area contributed by atoms with Gasteiger partial charge in [-0.2, -0.15) is 0 Å². The average molecular weight is 357 g/mol. The average Bonchev–Trinajstić information content (AvgIpc) is 3.13. The van der Waals surface area contributed by atoms with E-state index in [4.69, 9.17) is 4.42 Å². The number of nitrogens with zero attached hydrogens (tertiary/aromatic N) is 3. The van der Waals surface area contributed by atoms with E-state index in [-0.39, 0.29) is 5.69 Å². The number of nitro groups is 1. The van der Waals surface area contributed by atoms with Gasteiger partial charge in [0, 0.05) is 23.9 Å². The summed E-state index contributed by atoms with van der Waals surface area (Å²) in [7, 11) is 0. The van der Waals surface area contributed by atoms with Gasteiger partial charge in [0.2, 0.25) is 5.89 Å². The lowest BCUT2D eigenvalue weighted by Crippen LogP contribution is -1.89. The highest BCUT2D eigenvalue weighted by Gasteiger charge is 2.09. The number of aromatic nitrogens is 1. The summed E-state index contributed by atoms with van der Waals surface area (Å²) in [6.45, 7) is 2.00. The van der Waals surface area contributed by atoms with Crippen LogP contribution in [0.4, 0.5) is 11.4 Å². The zero-order valence-corrected chi connectivity index (χ0v) is 14.5. The monoisotopic (exact) mass is 357 g/mol. The first-order chi connectivity index (χ1) is 13.1. The van der Waals surface area contributed by atoms with E-state index in [1.165, 1.54) is 12.1 Å². The zero-order chi connectivity index (χ0) is 18.8. The number of rotatable bonds is 4. The normalized spacial score (nSPS) is 11.3. The van der Waals surface area contributed by atoms with Crippen LogP contribution in [0.2, 0.25) is 0 Å². The zero-order valence-electron chi connectivity index (χ0n) is 14.5. The van der Waals surface area contributed by atoms with Gasteiger partial charge in [-0.25, -0.2) is 4.98 Å². The minimum Gasteiger partial charge on any atom is -0.436 e. The molecule has 0 fully saturated rings. The smallest absolute Gasteiger partial charge is 0.270 e. The lowest BCUT2D eigenvalue weighted by molar-refractivity contribution is -0.384. The second kappa shape index (κ2) is 6.84. The van der Waals surface area contributed by atoms with Gasteiger partial charge in [-0.15, -0.1) is 0 Å². The lowest BCUT2D eigenvalue weighted by atomic mass is 10.2. The molecule has 0 amide bonds. The predicted molar refractivity (Wildman–Crippen MR) is 105 cm³/mol. The van der Waals surface area contributed by atoms with Gasteiger partial charge in [0.25, 0.3) is 5.69 Å². The van der Waals surface area contributed by atoms with Gasteiger partial charge in [0.05, 0.1) is 10.6 Å². The molecule has 4 aromatic rings. The number of benzene rings is 3. The van der Waals surface area contributed by atoms with Gasteiger partial charge >= 0.3 is 0 Å². The molecule has 0 atom stereocenters. The Labute approximate surface area is 155 Å². The van der Waals surface area contributed by atoms with Gasteiger partial charge in [-0.1, -0.05) is 24.3 Å². The first-order valence-corrected chi connectivity index (χ1v) is 8.35. The number of hydrogen-bond donors (Lipinski definition) is 0. The van der Waals surface area contributed by atoms with E-state index in [2.05, 4.69) is 9.98 Å². The van der Waals surface area contributed by atoms with E-state index in [1.807, 2.05) is 49.4 Å². The van der Waals surface area contributed by atoms with Crippen molar-refractivity contribution in [1.29, 1.82) is 0 Å². The molecule has 27 heavy (non-hydrogen) atoms. The number of nitro benzene ring substituents is 1. The molecule has 1 heterocycles. The van der Waals surface area contributed by atoms with Crippen molar-refractivity contribution in [1.82, 2.24) is 4.98 Å². The van der Waals surface area contributed by atoms with E-state index in [1.54, 1.807) is 18.3 Å². The van der Waals surface area contributed by atoms with Crippen LogP contribution in [-0.2, 0) is 0 Å². The Morgan fingerprint density at radius 3 is 2.59 bits per heavy atom. The Morgan fingerprint density at radius 1 is 1.07 bits per heavy atom. The highest BCUT2D eigenvalue weighted by Crippen LogP contribution is 2.27. The molecule has 1 aromatic heterocycles. The summed E-state index contributed by atoms with van der Waals surface area (Å²) < 4.78 is 5.83. The maximum atomic E-state index is 10.8. The highest BCUT2D eigenvalue weighted by molar-refractivity contribution is 5.83. The van der Waals surface area contributed by atoms with Crippen LogP contribution >= 0.6 is 0 Å². The van der Waals surface area contributed by atoms with Gasteiger partial charge in [-0.3, -0.25) is 15.1 Å². The molecule has 0 aliphatic heterocycles. The van der Waals surface area contributed by atoms with E-state index >= 15 is 0 Å². The fourth-order valence-corrected chi connectivity index (χ4v) is 2.77. The molecule has 0 spiro atoms. The van der Waals surface area contributed by atoms with Gasteiger partial charge in [0.1, 0.15) is 5.52 Å². The van der Waals surface area contributed by atoms with Gasteiger partial charge < -0.3 is 4.42 Å². The largest absolute Gasteiger partial charge is 0.436 e. The van der Waals surface area contributed by atoms with Crippen LogP contribution in [0, 0.1) is 17.0 Å². The number of fused-ring (bicyclic) bond motifs is 1. The molecular weight excluding hydrogens is 342 g/mol. The summed E-state index contributed by atoms with van der Waals surface area (Å²) in [5.41, 5.74) is 5.00. The maximum Gasteiger partial charge on any atom is 0.270 e. The van der Waals surface area contributed by atoms with E-state index in [0.717, 1.165) is 27.9 Å². The molecule has 0 N–H and O–H groups in total. The minimum absolute atomic E-state index is 0.0422. The number of aliphatic imine (C=N–C) groups is 1. The van der Waals surface area contributed by atoms with Crippen molar-refractivity contribution in [2.75, 3.05) is 0 Å². The van der Waals surface area contributed by atoms with Crippen LogP contribution in [0.3, 0.4) is 0 Å². The van der Waals surface area contributed by atoms with Crippen LogP contribution in [0.5, 0.6) is 0 Å². The van der Waals surface area contributed by atoms with Gasteiger partial charge in [-0.05, 0) is 48.4 Å². The Kier molecular flexibility index (Phi) is 4.22. The third-order valence-corrected chi connectivity index (χ3v) is 4.18. The molecule has 132 valence electrons. The van der Waals surface area contributed by atoms with E-state index in [0.29, 0.717) is 11.5 Å². The van der Waals surface area contributed by atoms with E-state index in [9.17, 15) is 10.1 Å². The van der Waals surface area contributed by atoms with Crippen molar-refractivity contribution < 1.29 is 9.34 Å². The third kappa shape index (κ3) is 3.46. The SMILES string of the molecule is Cc1cccc2oc(-c3ccc(N=Cc4cccc([N+](=O)[O-])c4)cc3)nc12. The molecule has 0 saturated carbocycles. The molecule has 4 rings (SSSR count). The van der Waals surface area contributed by atoms with Crippen molar-refractivity contribution >= 4 is 28.7 Å². The van der Waals surface area contributed by atoms with Crippen molar-refractivity contribution in [2.45, 2.75) is 6.92 Å². The Bertz CT molecular complexity index is 1160. The summed E-state index contributed by atoms with van der Waals surface area (Å²) in [5, 5.41) is 10.8. The quantitative estimate of drug-likeness (QED) is 0.276. The second-order valence-electron chi connectivity index (χ2n) is 6.10. The standard InChI is InChI=1S/C21H15N3O3/c1-14-4-2-7-19-20(14)23-21(27-19)16-8-10-17(11-9-16)22-13-15-5-3-6-18(12-15)24(25)26/h2-13H,1H3. The van der Waals surface area contributed by atoms with Crippen LogP contribution in [0.15, 0.2) is 76.1 Å². The molecule has 0 saturated heterocycles. The van der Waals surface area contributed by atoms with Crippen molar-refractivity contribution in [2.24, 2.45) is 4.99 Å². The van der Waals surface area contributed by atoms with E-state index < -0.39 is 4.92 Å². The molecule has 3 aromatic carbocycles. The summed E-state index contributed by atoms with van der Waals surface area (Å²) in [4.78, 5) is 19.3. The van der Waals surface area contributed by atoms with Crippen molar-refractivity contribution in [3.05, 3.63) is 88.0 Å². The van der Waals surface area contributed by atoms with Gasteiger partial charge in [0.15, 0.2) is 5.58 Å². The van der Waals surface area contributed by atoms with Crippen LogP contribution < -0.4 is 0 Å². The highest BCUT2D eigenvalue weighted by atomic mass is 16.6. The fraction of sp³-hybridized carbons (Fsp3) is 0.0476. The topological polar surface area (TPSA) is 81.5 Å². The third-order valence-electron chi connectivity index (χ3n) is 4.18. The Morgan fingerprint density at radius 2 is 1.85 bits per heavy atom. The molecule has 0 aliphatic carbocycles. The lowest BCUT2D eigenvalue weighted by Gasteiger charge is -1.97. The fourth-order valence-electron chi connectivity index (χ4n) is 2.77. The second-order valence-corrected chi connectivity index (χ2v) is 6.10. The molecule has 0 radical (unpaired) electrons. The molecule has 6 heteroatoms. The molecule has 0 bridgehead atoms. The predicted octanol–water partition coefficient (Wildman–Crippen LogP) is 5.46. The molecular formula is C21H15N3O3. The minimum atomic E-state index is -0.422. The maximum absolute atomic E-state index is 10.8. The number of oxazole rings is 1. The first kappa shape index (κ1) is 16.7. The first-order valence-electron chi connectivity index (χ1n) is 8.35. The number of aryl methyl sites for hydroxylation is 1. The summed E-state index contributed by atoms with van der Waals surface area (Å²) in [6, 6.07) is 19.7. The molecule has 0 unspecified atom stereocenters. The molecule has 0 aliphatic rings. The number of para-hydroxylation sites is 1. The summed E-state index contributed by atoms with van der Waals surface area (Å²) >= 11 is 0. The van der Waals surface area contributed by atoms with Crippen LogP contribution in [0.25, 0.3) is 22.6 Å². The number of non-ortho nitro benzene ring substituents is 1. The summed E-state index contributed by atoms with van der Waals surface area (Å²) in [5.74, 6) is 0.563.